The van der Waals surface area contributed by atoms with Crippen molar-refractivity contribution in [2.45, 2.75) is 6.54 Å². The van der Waals surface area contributed by atoms with Crippen LogP contribution in [0.25, 0.3) is 0 Å². The molecule has 0 saturated heterocycles. The summed E-state index contributed by atoms with van der Waals surface area (Å²) in [4.78, 5) is 1.12. The number of rotatable bonds is 3. The quantitative estimate of drug-likeness (QED) is 0.804. The minimum absolute atomic E-state index is 0.452. The third-order valence-electron chi connectivity index (χ3n) is 2.25. The van der Waals surface area contributed by atoms with E-state index in [9.17, 15) is 0 Å². The van der Waals surface area contributed by atoms with Crippen LogP contribution in [-0.2, 0) is 6.54 Å². The van der Waals surface area contributed by atoms with Crippen LogP contribution in [0.2, 0.25) is 9.36 Å². The van der Waals surface area contributed by atoms with E-state index in [-0.39, 0.29) is 0 Å². The number of hydrogen-bond acceptors (Lipinski definition) is 3. The Morgan fingerprint density at radius 1 is 1.33 bits per heavy atom. The van der Waals surface area contributed by atoms with E-state index in [0.29, 0.717) is 17.1 Å². The van der Waals surface area contributed by atoms with Crippen molar-refractivity contribution in [2.24, 2.45) is 0 Å². The second-order valence-corrected chi connectivity index (χ2v) is 6.49. The van der Waals surface area contributed by atoms with E-state index in [1.807, 2.05) is 18.2 Å². The molecule has 6 heteroatoms. The van der Waals surface area contributed by atoms with Crippen LogP contribution in [0.5, 0.6) is 0 Å². The molecule has 2 rings (SSSR count). The highest BCUT2D eigenvalue weighted by molar-refractivity contribution is 9.10. The third kappa shape index (κ3) is 3.18. The van der Waals surface area contributed by atoms with Gasteiger partial charge >= 0.3 is 0 Å². The van der Waals surface area contributed by atoms with Crippen LogP contribution in [0, 0.1) is 11.3 Å². The zero-order chi connectivity index (χ0) is 13.1. The predicted octanol–water partition coefficient (Wildman–Crippen LogP) is 5.30. The summed E-state index contributed by atoms with van der Waals surface area (Å²) in [6.45, 7) is 0.665. The molecule has 2 nitrogen and oxygen atoms in total. The zero-order valence-electron chi connectivity index (χ0n) is 9.01. The van der Waals surface area contributed by atoms with E-state index in [2.05, 4.69) is 21.2 Å². The average molecular weight is 362 g/mol. The van der Waals surface area contributed by atoms with Gasteiger partial charge in [0.2, 0.25) is 0 Å². The molecule has 1 heterocycles. The Morgan fingerprint density at radius 3 is 2.67 bits per heavy atom. The number of benzene rings is 1. The van der Waals surface area contributed by atoms with Crippen LogP contribution in [0.15, 0.2) is 28.7 Å². The van der Waals surface area contributed by atoms with Crippen molar-refractivity contribution in [3.8, 4) is 6.07 Å². The van der Waals surface area contributed by atoms with E-state index in [4.69, 9.17) is 28.5 Å². The summed E-state index contributed by atoms with van der Waals surface area (Å²) in [5, 5.41) is 12.5. The van der Waals surface area contributed by atoms with E-state index >= 15 is 0 Å². The molecule has 1 N–H and O–H groups in total. The van der Waals surface area contributed by atoms with E-state index in [1.165, 1.54) is 11.3 Å². The fourth-order valence-electron chi connectivity index (χ4n) is 1.38. The van der Waals surface area contributed by atoms with Crippen LogP contribution >= 0.6 is 50.5 Å². The SMILES string of the molecule is N#Cc1ccc(NCc2cc(Br)c(Cl)s2)cc1Cl. The first-order chi connectivity index (χ1) is 8.60. The maximum Gasteiger partial charge on any atom is 0.107 e. The maximum atomic E-state index is 8.78. The Labute approximate surface area is 127 Å². The van der Waals surface area contributed by atoms with Crippen molar-refractivity contribution < 1.29 is 0 Å². The molecule has 0 aliphatic heterocycles. The molecule has 1 aromatic carbocycles. The molecule has 0 fully saturated rings. The van der Waals surface area contributed by atoms with E-state index in [1.54, 1.807) is 12.1 Å². The lowest BCUT2D eigenvalue weighted by Gasteiger charge is -2.05. The van der Waals surface area contributed by atoms with Gasteiger partial charge in [0.1, 0.15) is 10.4 Å². The number of thiophene rings is 1. The van der Waals surface area contributed by atoms with E-state index in [0.717, 1.165) is 19.4 Å². The maximum absolute atomic E-state index is 8.78. The summed E-state index contributed by atoms with van der Waals surface area (Å²) in [5.74, 6) is 0. The summed E-state index contributed by atoms with van der Waals surface area (Å²) in [6.07, 6.45) is 0. The Morgan fingerprint density at radius 2 is 2.11 bits per heavy atom. The smallest absolute Gasteiger partial charge is 0.107 e. The molecule has 0 aliphatic rings. The Hall–Kier alpha value is -0.730. The van der Waals surface area contributed by atoms with Crippen molar-refractivity contribution in [2.75, 3.05) is 5.32 Å². The van der Waals surface area contributed by atoms with Gasteiger partial charge < -0.3 is 5.32 Å². The van der Waals surface area contributed by atoms with Crippen LogP contribution in [0.4, 0.5) is 5.69 Å². The number of nitrogens with zero attached hydrogens (tertiary/aromatic N) is 1. The minimum Gasteiger partial charge on any atom is -0.380 e. The molecule has 2 aromatic rings. The zero-order valence-corrected chi connectivity index (χ0v) is 12.9. The second kappa shape index (κ2) is 5.94. The van der Waals surface area contributed by atoms with Crippen LogP contribution < -0.4 is 5.32 Å². The van der Waals surface area contributed by atoms with Gasteiger partial charge in [-0.3, -0.25) is 0 Å². The largest absolute Gasteiger partial charge is 0.380 e. The first-order valence-electron chi connectivity index (χ1n) is 4.97. The Bertz CT molecular complexity index is 600. The monoisotopic (exact) mass is 360 g/mol. The minimum atomic E-state index is 0.452. The molecule has 0 bridgehead atoms. The summed E-state index contributed by atoms with van der Waals surface area (Å²) in [5.41, 5.74) is 1.35. The van der Waals surface area contributed by atoms with Crippen LogP contribution in [-0.4, -0.2) is 0 Å². The van der Waals surface area contributed by atoms with Gasteiger partial charge in [-0.05, 0) is 40.2 Å². The number of nitriles is 1. The fraction of sp³-hybridized carbons (Fsp3) is 0.0833. The van der Waals surface area contributed by atoms with Crippen molar-refractivity contribution >= 4 is 56.2 Å². The number of hydrogen-bond donors (Lipinski definition) is 1. The van der Waals surface area contributed by atoms with Gasteiger partial charge in [0.25, 0.3) is 0 Å². The highest BCUT2D eigenvalue weighted by Gasteiger charge is 2.05. The summed E-state index contributed by atoms with van der Waals surface area (Å²) in [6, 6.07) is 9.27. The molecule has 0 atom stereocenters. The standard InChI is InChI=1S/C12H7BrCl2N2S/c13-10-4-9(18-12(10)15)6-17-8-2-1-7(5-16)11(14)3-8/h1-4,17H,6H2. The van der Waals surface area contributed by atoms with Gasteiger partial charge in [-0.1, -0.05) is 23.2 Å². The van der Waals surface area contributed by atoms with Gasteiger partial charge in [0.05, 0.1) is 10.6 Å². The predicted molar refractivity (Wildman–Crippen MR) is 80.5 cm³/mol. The third-order valence-corrected chi connectivity index (χ3v) is 5.04. The lowest BCUT2D eigenvalue weighted by atomic mass is 10.2. The van der Waals surface area contributed by atoms with Crippen molar-refractivity contribution in [3.63, 3.8) is 0 Å². The first kappa shape index (κ1) is 13.7. The molecule has 1 aromatic heterocycles. The van der Waals surface area contributed by atoms with Crippen molar-refractivity contribution in [3.05, 3.63) is 48.5 Å². The number of halogens is 3. The molecule has 92 valence electrons. The van der Waals surface area contributed by atoms with Gasteiger partial charge in [-0.15, -0.1) is 11.3 Å². The van der Waals surface area contributed by atoms with Crippen LogP contribution in [0.3, 0.4) is 0 Å². The lowest BCUT2D eigenvalue weighted by molar-refractivity contribution is 1.19. The van der Waals surface area contributed by atoms with Gasteiger partial charge in [0.15, 0.2) is 0 Å². The van der Waals surface area contributed by atoms with E-state index < -0.39 is 0 Å². The average Bonchev–Trinajstić information content (AvgIpc) is 2.66. The van der Waals surface area contributed by atoms with Crippen LogP contribution in [0.1, 0.15) is 10.4 Å². The van der Waals surface area contributed by atoms with Gasteiger partial charge in [0, 0.05) is 21.6 Å². The molecular weight excluding hydrogens is 355 g/mol. The molecular formula is C12H7BrCl2N2S. The molecule has 0 saturated carbocycles. The first-order valence-corrected chi connectivity index (χ1v) is 7.34. The molecule has 0 aliphatic carbocycles. The normalized spacial score (nSPS) is 10.1. The summed E-state index contributed by atoms with van der Waals surface area (Å²) >= 11 is 16.8. The van der Waals surface area contributed by atoms with Crippen molar-refractivity contribution in [1.29, 1.82) is 5.26 Å². The lowest BCUT2D eigenvalue weighted by Crippen LogP contribution is -1.97. The second-order valence-electron chi connectivity index (χ2n) is 3.49. The molecule has 18 heavy (non-hydrogen) atoms. The molecule has 0 amide bonds. The van der Waals surface area contributed by atoms with Crippen molar-refractivity contribution in [1.82, 2.24) is 0 Å². The highest BCUT2D eigenvalue weighted by Crippen LogP contribution is 2.32. The molecule has 0 radical (unpaired) electrons. The van der Waals surface area contributed by atoms with Gasteiger partial charge in [-0.2, -0.15) is 5.26 Å². The highest BCUT2D eigenvalue weighted by atomic mass is 79.9. The Kier molecular flexibility index (Phi) is 4.52. The number of anilines is 1. The summed E-state index contributed by atoms with van der Waals surface area (Å²) < 4.78 is 1.65. The molecule has 0 spiro atoms. The fourth-order valence-corrected chi connectivity index (χ4v) is 3.34. The summed E-state index contributed by atoms with van der Waals surface area (Å²) in [7, 11) is 0. The molecule has 0 unspecified atom stereocenters. The Balaban J connectivity index is 2.07. The topological polar surface area (TPSA) is 35.8 Å². The van der Waals surface area contributed by atoms with Gasteiger partial charge in [-0.25, -0.2) is 0 Å². The number of nitrogens with one attached hydrogen (secondary N) is 1.